The van der Waals surface area contributed by atoms with Gasteiger partial charge < -0.3 is 4.90 Å². The second kappa shape index (κ2) is 9.05. The first-order valence-corrected chi connectivity index (χ1v) is 10.00. The van der Waals surface area contributed by atoms with Gasteiger partial charge in [0.05, 0.1) is 5.69 Å². The number of halogens is 1. The SMILES string of the molecule is CCC(C)N(Cc1ccccc1)C(=O)c1nn(-c2ccc(Cl)cc2)c(C)cc1=O. The van der Waals surface area contributed by atoms with Crippen molar-refractivity contribution in [1.29, 1.82) is 0 Å². The van der Waals surface area contributed by atoms with Crippen molar-refractivity contribution in [3.8, 4) is 5.69 Å². The van der Waals surface area contributed by atoms with Gasteiger partial charge >= 0.3 is 0 Å². The van der Waals surface area contributed by atoms with E-state index in [-0.39, 0.29) is 23.1 Å². The van der Waals surface area contributed by atoms with Crippen LogP contribution in [0.25, 0.3) is 5.69 Å². The summed E-state index contributed by atoms with van der Waals surface area (Å²) in [5, 5.41) is 5.03. The lowest BCUT2D eigenvalue weighted by atomic mass is 10.1. The van der Waals surface area contributed by atoms with E-state index in [9.17, 15) is 9.59 Å². The second-order valence-corrected chi connectivity index (χ2v) is 7.50. The number of rotatable bonds is 6. The lowest BCUT2D eigenvalue weighted by molar-refractivity contribution is 0.0662. The average Bonchev–Trinajstić information content (AvgIpc) is 2.73. The third-order valence-electron chi connectivity index (χ3n) is 4.96. The monoisotopic (exact) mass is 409 g/mol. The molecule has 0 saturated heterocycles. The number of aryl methyl sites for hydroxylation is 1. The van der Waals surface area contributed by atoms with Crippen molar-refractivity contribution in [2.75, 3.05) is 0 Å². The minimum Gasteiger partial charge on any atom is -0.330 e. The van der Waals surface area contributed by atoms with Gasteiger partial charge in [-0.15, -0.1) is 0 Å². The molecular weight excluding hydrogens is 386 g/mol. The van der Waals surface area contributed by atoms with Crippen LogP contribution in [0, 0.1) is 6.92 Å². The van der Waals surface area contributed by atoms with Gasteiger partial charge in [0, 0.05) is 29.4 Å². The number of aromatic nitrogens is 2. The number of nitrogens with zero attached hydrogens (tertiary/aromatic N) is 3. The Bertz CT molecular complexity index is 1050. The van der Waals surface area contributed by atoms with Gasteiger partial charge in [-0.1, -0.05) is 48.9 Å². The topological polar surface area (TPSA) is 55.2 Å². The standard InChI is InChI=1S/C23H24ClN3O2/c1-4-16(2)26(15-18-8-6-5-7-9-18)23(29)22-21(28)14-17(3)27(25-22)20-12-10-19(24)11-13-20/h5-14,16H,4,15H2,1-3H3. The Labute approximate surface area is 175 Å². The van der Waals surface area contributed by atoms with E-state index >= 15 is 0 Å². The van der Waals surface area contributed by atoms with Crippen LogP contribution in [-0.4, -0.2) is 26.6 Å². The Morgan fingerprint density at radius 3 is 2.41 bits per heavy atom. The second-order valence-electron chi connectivity index (χ2n) is 7.06. The van der Waals surface area contributed by atoms with Gasteiger partial charge in [-0.05, 0) is 50.1 Å². The van der Waals surface area contributed by atoms with Crippen LogP contribution in [0.1, 0.15) is 42.0 Å². The number of hydrogen-bond donors (Lipinski definition) is 0. The van der Waals surface area contributed by atoms with E-state index < -0.39 is 0 Å². The van der Waals surface area contributed by atoms with Crippen LogP contribution in [0.5, 0.6) is 0 Å². The van der Waals surface area contributed by atoms with Crippen LogP contribution < -0.4 is 5.43 Å². The van der Waals surface area contributed by atoms with Crippen LogP contribution >= 0.6 is 11.6 Å². The summed E-state index contributed by atoms with van der Waals surface area (Å²) < 4.78 is 1.60. The van der Waals surface area contributed by atoms with E-state index in [1.807, 2.05) is 44.2 Å². The van der Waals surface area contributed by atoms with Gasteiger partial charge in [0.15, 0.2) is 5.69 Å². The van der Waals surface area contributed by atoms with Crippen molar-refractivity contribution in [2.24, 2.45) is 0 Å². The number of carbonyl (C=O) groups is 1. The third kappa shape index (κ3) is 4.74. The predicted octanol–water partition coefficient (Wildman–Crippen LogP) is 4.64. The highest BCUT2D eigenvalue weighted by Gasteiger charge is 2.25. The van der Waals surface area contributed by atoms with Crippen molar-refractivity contribution in [2.45, 2.75) is 39.8 Å². The van der Waals surface area contributed by atoms with Gasteiger partial charge in [-0.25, -0.2) is 4.68 Å². The lowest BCUT2D eigenvalue weighted by Gasteiger charge is -2.28. The Hall–Kier alpha value is -2.92. The largest absolute Gasteiger partial charge is 0.330 e. The van der Waals surface area contributed by atoms with Crippen molar-refractivity contribution >= 4 is 17.5 Å². The summed E-state index contributed by atoms with van der Waals surface area (Å²) in [6.45, 7) is 6.20. The van der Waals surface area contributed by atoms with E-state index in [2.05, 4.69) is 5.10 Å². The van der Waals surface area contributed by atoms with E-state index in [4.69, 9.17) is 11.6 Å². The Kier molecular flexibility index (Phi) is 6.49. The summed E-state index contributed by atoms with van der Waals surface area (Å²) >= 11 is 5.97. The molecule has 29 heavy (non-hydrogen) atoms. The lowest BCUT2D eigenvalue weighted by Crippen LogP contribution is -2.41. The average molecular weight is 410 g/mol. The van der Waals surface area contributed by atoms with E-state index in [1.165, 1.54) is 6.07 Å². The molecule has 1 heterocycles. The van der Waals surface area contributed by atoms with E-state index in [0.717, 1.165) is 17.7 Å². The fourth-order valence-electron chi connectivity index (χ4n) is 3.10. The minimum atomic E-state index is -0.376. The molecule has 0 bridgehead atoms. The molecule has 0 aliphatic carbocycles. The summed E-state index contributed by atoms with van der Waals surface area (Å²) in [6, 6.07) is 18.3. The highest BCUT2D eigenvalue weighted by Crippen LogP contribution is 2.16. The molecule has 6 heteroatoms. The molecule has 150 valence electrons. The van der Waals surface area contributed by atoms with Gasteiger partial charge in [-0.3, -0.25) is 9.59 Å². The molecule has 0 aliphatic heterocycles. The van der Waals surface area contributed by atoms with Crippen molar-refractivity contribution < 1.29 is 4.79 Å². The zero-order chi connectivity index (χ0) is 21.0. The van der Waals surface area contributed by atoms with Gasteiger partial charge in [0.25, 0.3) is 5.91 Å². The molecule has 1 aromatic heterocycles. The molecule has 0 N–H and O–H groups in total. The van der Waals surface area contributed by atoms with Gasteiger partial charge in [0.1, 0.15) is 0 Å². The van der Waals surface area contributed by atoms with Crippen LogP contribution in [-0.2, 0) is 6.54 Å². The highest BCUT2D eigenvalue weighted by atomic mass is 35.5. The molecule has 1 atom stereocenters. The molecule has 1 unspecified atom stereocenters. The summed E-state index contributed by atoms with van der Waals surface area (Å²) in [4.78, 5) is 27.7. The molecular formula is C23H24ClN3O2. The third-order valence-corrected chi connectivity index (χ3v) is 5.21. The summed E-state index contributed by atoms with van der Waals surface area (Å²) in [5.74, 6) is -0.365. The zero-order valence-electron chi connectivity index (χ0n) is 16.8. The highest BCUT2D eigenvalue weighted by molar-refractivity contribution is 6.30. The normalized spacial score (nSPS) is 11.9. The first-order valence-electron chi connectivity index (χ1n) is 9.62. The maximum Gasteiger partial charge on any atom is 0.278 e. The van der Waals surface area contributed by atoms with Crippen LogP contribution in [0.3, 0.4) is 0 Å². The van der Waals surface area contributed by atoms with Crippen LogP contribution in [0.2, 0.25) is 5.02 Å². The molecule has 0 aliphatic rings. The first-order chi connectivity index (χ1) is 13.9. The number of hydrogen-bond acceptors (Lipinski definition) is 3. The van der Waals surface area contributed by atoms with E-state index in [0.29, 0.717) is 17.3 Å². The molecule has 1 amide bonds. The molecule has 3 rings (SSSR count). The summed E-state index contributed by atoms with van der Waals surface area (Å²) in [6.07, 6.45) is 0.774. The molecule has 2 aromatic carbocycles. The van der Waals surface area contributed by atoms with Gasteiger partial charge in [-0.2, -0.15) is 5.10 Å². The van der Waals surface area contributed by atoms with E-state index in [1.54, 1.807) is 40.8 Å². The molecule has 0 fully saturated rings. The Morgan fingerprint density at radius 1 is 1.14 bits per heavy atom. The smallest absolute Gasteiger partial charge is 0.278 e. The number of benzene rings is 2. The maximum atomic E-state index is 13.3. The molecule has 0 saturated carbocycles. The Balaban J connectivity index is 2.02. The quantitative estimate of drug-likeness (QED) is 0.596. The van der Waals surface area contributed by atoms with Gasteiger partial charge in [0.2, 0.25) is 5.43 Å². The van der Waals surface area contributed by atoms with Crippen LogP contribution in [0.15, 0.2) is 65.5 Å². The van der Waals surface area contributed by atoms with Crippen molar-refractivity contribution in [3.63, 3.8) is 0 Å². The molecule has 0 spiro atoms. The molecule has 0 radical (unpaired) electrons. The van der Waals surface area contributed by atoms with Crippen molar-refractivity contribution in [1.82, 2.24) is 14.7 Å². The van der Waals surface area contributed by atoms with Crippen LogP contribution in [0.4, 0.5) is 0 Å². The minimum absolute atomic E-state index is 0.0332. The first kappa shape index (κ1) is 20.8. The number of carbonyl (C=O) groups excluding carboxylic acids is 1. The number of amides is 1. The fraction of sp³-hybridized carbons (Fsp3) is 0.261. The summed E-state index contributed by atoms with van der Waals surface area (Å²) in [5.41, 5.74) is 1.93. The molecule has 5 nitrogen and oxygen atoms in total. The fourth-order valence-corrected chi connectivity index (χ4v) is 3.23. The zero-order valence-corrected chi connectivity index (χ0v) is 17.6. The predicted molar refractivity (Wildman–Crippen MR) is 116 cm³/mol. The maximum absolute atomic E-state index is 13.3. The molecule has 3 aromatic rings. The Morgan fingerprint density at radius 2 is 1.79 bits per heavy atom. The summed E-state index contributed by atoms with van der Waals surface area (Å²) in [7, 11) is 0. The van der Waals surface area contributed by atoms with Crippen molar-refractivity contribution in [3.05, 3.63) is 92.9 Å².